The summed E-state index contributed by atoms with van der Waals surface area (Å²) in [6, 6.07) is 19.8. The van der Waals surface area contributed by atoms with Crippen LogP contribution in [0.5, 0.6) is 0 Å². The van der Waals surface area contributed by atoms with Crippen molar-refractivity contribution in [3.05, 3.63) is 100 Å². The van der Waals surface area contributed by atoms with Gasteiger partial charge >= 0.3 is 0 Å². The van der Waals surface area contributed by atoms with E-state index in [2.05, 4.69) is 5.32 Å². The Bertz CT molecular complexity index is 1400. The molecule has 0 aromatic heterocycles. The van der Waals surface area contributed by atoms with Gasteiger partial charge in [0.1, 0.15) is 6.04 Å². The van der Waals surface area contributed by atoms with Gasteiger partial charge in [0.2, 0.25) is 17.7 Å². The minimum atomic E-state index is -0.870. The average Bonchev–Trinajstić information content (AvgIpc) is 3.33. The van der Waals surface area contributed by atoms with Crippen molar-refractivity contribution in [2.75, 3.05) is 10.2 Å². The minimum absolute atomic E-state index is 0.329. The predicted molar refractivity (Wildman–Crippen MR) is 135 cm³/mol. The Balaban J connectivity index is 1.44. The van der Waals surface area contributed by atoms with Gasteiger partial charge in [-0.3, -0.25) is 14.4 Å². The van der Waals surface area contributed by atoms with Gasteiger partial charge in [-0.1, -0.05) is 53.5 Å². The number of carbonyl (C=O) groups is 3. The minimum Gasteiger partial charge on any atom is -0.357 e. The summed E-state index contributed by atoms with van der Waals surface area (Å²) in [6.45, 7) is 0. The molecular formula is C27H19Cl2N3O3. The quantitative estimate of drug-likeness (QED) is 0.502. The highest BCUT2D eigenvalue weighted by molar-refractivity contribution is 6.31. The Kier molecular flexibility index (Phi) is 5.16. The number of fused-ring (bicyclic) bond motifs is 5. The number of hydrogen-bond donors (Lipinski definition) is 1. The first kappa shape index (κ1) is 21.9. The molecule has 3 amide bonds. The number of rotatable bonds is 3. The van der Waals surface area contributed by atoms with Crippen molar-refractivity contribution < 1.29 is 14.4 Å². The molecule has 3 aromatic rings. The molecule has 2 saturated heterocycles. The number of nitrogens with one attached hydrogen (secondary N) is 1. The lowest BCUT2D eigenvalue weighted by Crippen LogP contribution is -2.46. The van der Waals surface area contributed by atoms with Gasteiger partial charge in [0.25, 0.3) is 0 Å². The first-order chi connectivity index (χ1) is 16.9. The molecule has 3 aliphatic heterocycles. The van der Waals surface area contributed by atoms with Crippen LogP contribution in [0.15, 0.2) is 79.0 Å². The molecule has 4 unspecified atom stereocenters. The zero-order valence-electron chi connectivity index (χ0n) is 18.3. The molecule has 8 heteroatoms. The van der Waals surface area contributed by atoms with Gasteiger partial charge in [0.15, 0.2) is 0 Å². The summed E-state index contributed by atoms with van der Waals surface area (Å²) in [5.74, 6) is -2.66. The Morgan fingerprint density at radius 3 is 2.34 bits per heavy atom. The molecule has 1 N–H and O–H groups in total. The van der Waals surface area contributed by atoms with Crippen molar-refractivity contribution in [3.8, 4) is 0 Å². The van der Waals surface area contributed by atoms with Crippen LogP contribution in [0.3, 0.4) is 0 Å². The zero-order valence-corrected chi connectivity index (χ0v) is 19.8. The zero-order chi connectivity index (χ0) is 24.3. The van der Waals surface area contributed by atoms with Crippen LogP contribution in [0.2, 0.25) is 10.0 Å². The van der Waals surface area contributed by atoms with Gasteiger partial charge in [0, 0.05) is 21.9 Å². The van der Waals surface area contributed by atoms with Crippen LogP contribution < -0.4 is 10.2 Å². The highest BCUT2D eigenvalue weighted by atomic mass is 35.5. The van der Waals surface area contributed by atoms with Crippen molar-refractivity contribution >= 4 is 58.4 Å². The first-order valence-corrected chi connectivity index (χ1v) is 11.9. The molecule has 0 spiro atoms. The molecule has 0 bridgehead atoms. The molecule has 3 aromatic carbocycles. The molecule has 6 rings (SSSR count). The van der Waals surface area contributed by atoms with Crippen molar-refractivity contribution in [1.82, 2.24) is 4.90 Å². The van der Waals surface area contributed by atoms with Gasteiger partial charge < -0.3 is 10.2 Å². The smallest absolute Gasteiger partial charge is 0.247 e. The summed E-state index contributed by atoms with van der Waals surface area (Å²) >= 11 is 12.1. The van der Waals surface area contributed by atoms with E-state index in [0.717, 1.165) is 11.1 Å². The highest BCUT2D eigenvalue weighted by Gasteiger charge is 2.64. The van der Waals surface area contributed by atoms with Crippen molar-refractivity contribution in [1.29, 1.82) is 0 Å². The van der Waals surface area contributed by atoms with E-state index in [4.69, 9.17) is 23.2 Å². The average molecular weight is 504 g/mol. The fraction of sp³-hybridized carbons (Fsp3) is 0.148. The van der Waals surface area contributed by atoms with Gasteiger partial charge in [-0.15, -0.1) is 0 Å². The molecule has 3 aliphatic rings. The molecule has 2 fully saturated rings. The lowest BCUT2D eigenvalue weighted by Gasteiger charge is -2.35. The number of benzene rings is 3. The number of carbonyl (C=O) groups excluding carboxylic acids is 3. The third-order valence-corrected chi connectivity index (χ3v) is 7.40. The summed E-state index contributed by atoms with van der Waals surface area (Å²) in [5.41, 5.74) is 2.85. The molecular weight excluding hydrogens is 485 g/mol. The van der Waals surface area contributed by atoms with E-state index in [1.165, 1.54) is 4.90 Å². The van der Waals surface area contributed by atoms with E-state index < -0.39 is 29.8 Å². The number of nitrogens with zero attached hydrogens (tertiary/aromatic N) is 2. The standard InChI is InChI=1S/C27H19Cl2N3O3/c28-16-8-10-18(11-9-16)30-25(33)24-22-21(23-20-7-2-1-4-15(20)12-13-31(23)24)26(34)32(27(22)35)19-6-3-5-17(29)14-19/h1-14,21-24H,(H,30,33). The Labute approximate surface area is 211 Å². The van der Waals surface area contributed by atoms with Crippen molar-refractivity contribution in [2.24, 2.45) is 11.8 Å². The molecule has 35 heavy (non-hydrogen) atoms. The second-order valence-electron chi connectivity index (χ2n) is 8.82. The number of hydrogen-bond acceptors (Lipinski definition) is 4. The summed E-state index contributed by atoms with van der Waals surface area (Å²) < 4.78 is 0. The molecule has 0 saturated carbocycles. The van der Waals surface area contributed by atoms with Crippen molar-refractivity contribution in [2.45, 2.75) is 12.1 Å². The van der Waals surface area contributed by atoms with Gasteiger partial charge in [0.05, 0.1) is 23.6 Å². The predicted octanol–water partition coefficient (Wildman–Crippen LogP) is 5.15. The second-order valence-corrected chi connectivity index (χ2v) is 9.69. The van der Waals surface area contributed by atoms with Crippen LogP contribution in [-0.2, 0) is 14.4 Å². The summed E-state index contributed by atoms with van der Waals surface area (Å²) in [7, 11) is 0. The topological polar surface area (TPSA) is 69.7 Å². The van der Waals surface area contributed by atoms with E-state index in [1.54, 1.807) is 48.5 Å². The Morgan fingerprint density at radius 1 is 0.829 bits per heavy atom. The Morgan fingerprint density at radius 2 is 1.57 bits per heavy atom. The number of imide groups is 1. The first-order valence-electron chi connectivity index (χ1n) is 11.2. The highest BCUT2D eigenvalue weighted by Crippen LogP contribution is 2.53. The Hall–Kier alpha value is -3.61. The van der Waals surface area contributed by atoms with E-state index in [0.29, 0.717) is 21.4 Å². The van der Waals surface area contributed by atoms with Crippen LogP contribution in [-0.4, -0.2) is 28.7 Å². The largest absolute Gasteiger partial charge is 0.357 e. The summed E-state index contributed by atoms with van der Waals surface area (Å²) in [6.07, 6.45) is 3.74. The molecule has 0 radical (unpaired) electrons. The van der Waals surface area contributed by atoms with Crippen LogP contribution >= 0.6 is 23.2 Å². The van der Waals surface area contributed by atoms with E-state index >= 15 is 0 Å². The molecule has 6 nitrogen and oxygen atoms in total. The maximum absolute atomic E-state index is 13.8. The SMILES string of the molecule is O=C(Nc1ccc(Cl)cc1)C1C2C(=O)N(c3cccc(Cl)c3)C(=O)C2C2c3ccccc3C=CN12. The number of amides is 3. The number of halogens is 2. The van der Waals surface area contributed by atoms with Crippen LogP contribution in [0.1, 0.15) is 17.2 Å². The molecule has 3 heterocycles. The lowest BCUT2D eigenvalue weighted by atomic mass is 9.84. The van der Waals surface area contributed by atoms with Crippen LogP contribution in [0.25, 0.3) is 6.08 Å². The lowest BCUT2D eigenvalue weighted by molar-refractivity contribution is -0.128. The maximum atomic E-state index is 13.8. The second kappa shape index (κ2) is 8.26. The van der Waals surface area contributed by atoms with E-state index in [9.17, 15) is 14.4 Å². The fourth-order valence-corrected chi connectivity index (χ4v) is 5.79. The van der Waals surface area contributed by atoms with E-state index in [-0.39, 0.29) is 11.8 Å². The molecule has 174 valence electrons. The molecule has 0 aliphatic carbocycles. The van der Waals surface area contributed by atoms with Gasteiger partial charge in [-0.05, 0) is 59.7 Å². The summed E-state index contributed by atoms with van der Waals surface area (Å²) in [4.78, 5) is 44.3. The third-order valence-electron chi connectivity index (χ3n) is 6.91. The van der Waals surface area contributed by atoms with Gasteiger partial charge in [-0.25, -0.2) is 4.90 Å². The fourth-order valence-electron chi connectivity index (χ4n) is 5.48. The van der Waals surface area contributed by atoms with E-state index in [1.807, 2.05) is 41.4 Å². The number of anilines is 2. The van der Waals surface area contributed by atoms with Crippen molar-refractivity contribution in [3.63, 3.8) is 0 Å². The molecule has 4 atom stereocenters. The van der Waals surface area contributed by atoms with Crippen LogP contribution in [0.4, 0.5) is 11.4 Å². The van der Waals surface area contributed by atoms with Crippen LogP contribution in [0, 0.1) is 11.8 Å². The van der Waals surface area contributed by atoms with Gasteiger partial charge in [-0.2, -0.15) is 0 Å². The maximum Gasteiger partial charge on any atom is 0.247 e. The monoisotopic (exact) mass is 503 g/mol. The summed E-state index contributed by atoms with van der Waals surface area (Å²) in [5, 5.41) is 3.87. The normalized spacial score (nSPS) is 24.3. The third kappa shape index (κ3) is 3.44.